The summed E-state index contributed by atoms with van der Waals surface area (Å²) >= 11 is 1.26. The van der Waals surface area contributed by atoms with Crippen LogP contribution in [0.4, 0.5) is 15.8 Å². The third-order valence-electron chi connectivity index (χ3n) is 4.28. The van der Waals surface area contributed by atoms with Crippen molar-refractivity contribution >= 4 is 40.1 Å². The van der Waals surface area contributed by atoms with Crippen LogP contribution in [0.1, 0.15) is 19.8 Å². The smallest absolute Gasteiger partial charge is 0.242 e. The molecule has 0 aliphatic carbocycles. The van der Waals surface area contributed by atoms with Crippen LogP contribution in [0.3, 0.4) is 0 Å². The predicted molar refractivity (Wildman–Crippen MR) is 113 cm³/mol. The molecular weight excluding hydrogens is 393 g/mol. The van der Waals surface area contributed by atoms with E-state index in [4.69, 9.17) is 4.74 Å². The summed E-state index contributed by atoms with van der Waals surface area (Å²) < 4.78 is 18.9. The summed E-state index contributed by atoms with van der Waals surface area (Å²) in [5, 5.41) is 2.50. The van der Waals surface area contributed by atoms with Crippen molar-refractivity contribution in [3.63, 3.8) is 0 Å². The molecule has 2 amide bonds. The summed E-state index contributed by atoms with van der Waals surface area (Å²) in [6, 6.07) is 13.1. The molecule has 8 heteroatoms. The van der Waals surface area contributed by atoms with Crippen LogP contribution in [0.25, 0.3) is 0 Å². The highest BCUT2D eigenvalue weighted by atomic mass is 32.2. The van der Waals surface area contributed by atoms with Gasteiger partial charge < -0.3 is 10.1 Å². The number of thioether (sulfide) groups is 1. The van der Waals surface area contributed by atoms with Gasteiger partial charge in [-0.25, -0.2) is 9.38 Å². The average molecular weight is 415 g/mol. The largest absolute Gasteiger partial charge is 0.497 e. The van der Waals surface area contributed by atoms with Crippen LogP contribution < -0.4 is 10.1 Å². The number of benzene rings is 2. The summed E-state index contributed by atoms with van der Waals surface area (Å²) in [4.78, 5) is 31.3. The predicted octanol–water partition coefficient (Wildman–Crippen LogP) is 4.20. The Morgan fingerprint density at radius 2 is 1.97 bits per heavy atom. The molecule has 0 saturated carbocycles. The van der Waals surface area contributed by atoms with Crippen LogP contribution in [0.2, 0.25) is 0 Å². The molecule has 1 atom stereocenters. The number of aliphatic imine (C=N–C) groups is 1. The van der Waals surface area contributed by atoms with Crippen LogP contribution >= 0.6 is 11.8 Å². The fourth-order valence-electron chi connectivity index (χ4n) is 2.85. The van der Waals surface area contributed by atoms with Crippen molar-refractivity contribution in [3.05, 3.63) is 54.3 Å². The van der Waals surface area contributed by atoms with Crippen molar-refractivity contribution in [2.75, 3.05) is 19.0 Å². The van der Waals surface area contributed by atoms with E-state index < -0.39 is 17.0 Å². The number of carbonyl (C=O) groups excluding carboxylic acids is 2. The molecule has 152 valence electrons. The number of ether oxygens (including phenoxy) is 1. The molecule has 1 fully saturated rings. The number of amides is 2. The van der Waals surface area contributed by atoms with Gasteiger partial charge >= 0.3 is 0 Å². The fourth-order valence-corrected chi connectivity index (χ4v) is 4.04. The Balaban J connectivity index is 1.73. The summed E-state index contributed by atoms with van der Waals surface area (Å²) in [7, 11) is 1.59. The van der Waals surface area contributed by atoms with Gasteiger partial charge in [0.1, 0.15) is 16.8 Å². The van der Waals surface area contributed by atoms with Crippen LogP contribution in [0, 0.1) is 5.82 Å². The molecule has 6 nitrogen and oxygen atoms in total. The van der Waals surface area contributed by atoms with E-state index in [-0.39, 0.29) is 18.0 Å². The van der Waals surface area contributed by atoms with E-state index in [1.54, 1.807) is 48.4 Å². The Morgan fingerprint density at radius 3 is 2.62 bits per heavy atom. The molecule has 0 unspecified atom stereocenters. The quantitative estimate of drug-likeness (QED) is 0.736. The molecule has 2 aromatic carbocycles. The first-order valence-electron chi connectivity index (χ1n) is 9.27. The molecule has 0 spiro atoms. The third-order valence-corrected chi connectivity index (χ3v) is 5.46. The number of rotatable bonds is 7. The summed E-state index contributed by atoms with van der Waals surface area (Å²) in [5.41, 5.74) is 0.796. The molecule has 0 bridgehead atoms. The Kier molecular flexibility index (Phi) is 6.87. The Hall–Kier alpha value is -2.87. The lowest BCUT2D eigenvalue weighted by Gasteiger charge is -2.15. The summed E-state index contributed by atoms with van der Waals surface area (Å²) in [6.45, 7) is 2.49. The molecule has 0 aromatic heterocycles. The van der Waals surface area contributed by atoms with Crippen LogP contribution in [0.15, 0.2) is 53.5 Å². The maximum Gasteiger partial charge on any atom is 0.242 e. The fraction of sp³-hybridized carbons (Fsp3) is 0.286. The van der Waals surface area contributed by atoms with Gasteiger partial charge in [-0.15, -0.1) is 0 Å². The van der Waals surface area contributed by atoms with Crippen molar-refractivity contribution < 1.29 is 18.7 Å². The van der Waals surface area contributed by atoms with E-state index in [0.717, 1.165) is 12.2 Å². The van der Waals surface area contributed by atoms with Gasteiger partial charge in [-0.1, -0.05) is 30.8 Å². The minimum Gasteiger partial charge on any atom is -0.497 e. The highest BCUT2D eigenvalue weighted by Gasteiger charge is 2.38. The Morgan fingerprint density at radius 1 is 1.24 bits per heavy atom. The van der Waals surface area contributed by atoms with Crippen molar-refractivity contribution in [2.24, 2.45) is 4.99 Å². The molecular formula is C21H22FN3O3S. The zero-order valence-electron chi connectivity index (χ0n) is 16.2. The summed E-state index contributed by atoms with van der Waals surface area (Å²) in [5.74, 6) is -0.367. The van der Waals surface area contributed by atoms with E-state index >= 15 is 0 Å². The van der Waals surface area contributed by atoms with Gasteiger partial charge in [-0.2, -0.15) is 0 Å². The lowest BCUT2D eigenvalue weighted by atomic mass is 10.2. The second kappa shape index (κ2) is 9.56. The van der Waals surface area contributed by atoms with Crippen LogP contribution in [-0.4, -0.2) is 40.8 Å². The van der Waals surface area contributed by atoms with E-state index in [1.165, 1.54) is 23.9 Å². The average Bonchev–Trinajstić information content (AvgIpc) is 2.99. The Labute approximate surface area is 173 Å². The van der Waals surface area contributed by atoms with Crippen LogP contribution in [-0.2, 0) is 9.59 Å². The monoisotopic (exact) mass is 415 g/mol. The molecule has 1 N–H and O–H groups in total. The van der Waals surface area contributed by atoms with Gasteiger partial charge in [0.25, 0.3) is 0 Å². The molecule has 2 aromatic rings. The first-order chi connectivity index (χ1) is 14.0. The topological polar surface area (TPSA) is 71.0 Å². The maximum atomic E-state index is 13.7. The number of hydrogen-bond acceptors (Lipinski definition) is 5. The third kappa shape index (κ3) is 5.14. The first-order valence-corrected chi connectivity index (χ1v) is 10.1. The lowest BCUT2D eigenvalue weighted by Crippen LogP contribution is -2.34. The van der Waals surface area contributed by atoms with Crippen molar-refractivity contribution in [1.82, 2.24) is 4.90 Å². The number of nitrogens with one attached hydrogen (secondary N) is 1. The lowest BCUT2D eigenvalue weighted by molar-refractivity contribution is -0.128. The molecule has 1 saturated heterocycles. The Bertz CT molecular complexity index is 918. The summed E-state index contributed by atoms with van der Waals surface area (Å²) in [6.07, 6.45) is 0.710. The zero-order chi connectivity index (χ0) is 20.8. The normalized spacial score (nSPS) is 17.6. The van der Waals surface area contributed by atoms with Crippen LogP contribution in [0.5, 0.6) is 5.75 Å². The highest BCUT2D eigenvalue weighted by Crippen LogP contribution is 2.32. The van der Waals surface area contributed by atoms with Gasteiger partial charge in [0.2, 0.25) is 11.8 Å². The standard InChI is InChI=1S/C21H22FN3O3S/c1-3-12-25-20(27)18(13-19(26)24-17-7-5-4-6-16(17)22)29-21(25)23-14-8-10-15(28-2)11-9-14/h4-11,18H,3,12-13H2,1-2H3,(H,24,26)/t18-/m0/s1. The molecule has 1 aliphatic rings. The maximum absolute atomic E-state index is 13.7. The van der Waals surface area contributed by atoms with Gasteiger partial charge in [-0.05, 0) is 42.8 Å². The molecule has 29 heavy (non-hydrogen) atoms. The number of para-hydroxylation sites is 1. The van der Waals surface area contributed by atoms with Crippen molar-refractivity contribution in [3.8, 4) is 5.75 Å². The van der Waals surface area contributed by atoms with Gasteiger partial charge in [0.15, 0.2) is 5.17 Å². The van der Waals surface area contributed by atoms with Gasteiger partial charge in [0, 0.05) is 13.0 Å². The van der Waals surface area contributed by atoms with E-state index in [2.05, 4.69) is 10.3 Å². The van der Waals surface area contributed by atoms with Gasteiger partial charge in [0.05, 0.1) is 18.5 Å². The minimum absolute atomic E-state index is 0.0559. The highest BCUT2D eigenvalue weighted by molar-refractivity contribution is 8.15. The molecule has 1 heterocycles. The number of halogens is 1. The van der Waals surface area contributed by atoms with Crippen molar-refractivity contribution in [2.45, 2.75) is 25.0 Å². The second-order valence-corrected chi connectivity index (χ2v) is 7.59. The minimum atomic E-state index is -0.592. The number of anilines is 1. The second-order valence-electron chi connectivity index (χ2n) is 6.42. The number of nitrogens with zero attached hydrogens (tertiary/aromatic N) is 2. The zero-order valence-corrected chi connectivity index (χ0v) is 17.0. The number of carbonyl (C=O) groups is 2. The van der Waals surface area contributed by atoms with Crippen molar-refractivity contribution in [1.29, 1.82) is 0 Å². The van der Waals surface area contributed by atoms with E-state index in [0.29, 0.717) is 17.4 Å². The molecule has 1 aliphatic heterocycles. The SMILES string of the molecule is CCCN1C(=O)[C@H](CC(=O)Nc2ccccc2F)SC1=Nc1ccc(OC)cc1. The van der Waals surface area contributed by atoms with Gasteiger partial charge in [-0.3, -0.25) is 14.5 Å². The van der Waals surface area contributed by atoms with E-state index in [9.17, 15) is 14.0 Å². The number of hydrogen-bond donors (Lipinski definition) is 1. The number of methoxy groups -OCH3 is 1. The molecule has 3 rings (SSSR count). The molecule has 0 radical (unpaired) electrons. The number of amidine groups is 1. The van der Waals surface area contributed by atoms with E-state index in [1.807, 2.05) is 6.92 Å². The first kappa shape index (κ1) is 20.9.